The Hall–Kier alpha value is -4.15. The molecule has 2 fully saturated rings. The minimum Gasteiger partial charge on any atom is -0.302 e. The summed E-state index contributed by atoms with van der Waals surface area (Å²) in [5.41, 5.74) is 6.67. The van der Waals surface area contributed by atoms with Crippen LogP contribution in [0.2, 0.25) is 0 Å². The fraction of sp³-hybridized carbons (Fsp3) is 0.242. The van der Waals surface area contributed by atoms with Crippen molar-refractivity contribution >= 4 is 73.4 Å². The number of carbonyl (C=O) groups excluding carboxylic acids is 2. The van der Waals surface area contributed by atoms with E-state index in [0.717, 1.165) is 38.5 Å². The SMILES string of the molecule is Cc1ccc(N(c2ccc(C)cc2)c2ccc(-c3ccc(N=C4C(=O)C(=O)C5C(F)CC(F)CC45)c4nsnc34)s2)cc1. The lowest BCUT2D eigenvalue weighted by molar-refractivity contribution is -0.136. The van der Waals surface area contributed by atoms with Crippen LogP contribution in [0, 0.1) is 25.7 Å². The third-order valence-electron chi connectivity index (χ3n) is 8.22. The van der Waals surface area contributed by atoms with Gasteiger partial charge in [0.25, 0.3) is 0 Å². The van der Waals surface area contributed by atoms with Crippen LogP contribution in [-0.2, 0) is 9.59 Å². The topological polar surface area (TPSA) is 75.5 Å². The lowest BCUT2D eigenvalue weighted by Crippen LogP contribution is -2.36. The monoisotopic (exact) mass is 612 g/mol. The molecule has 10 heteroatoms. The first-order chi connectivity index (χ1) is 20.8. The van der Waals surface area contributed by atoms with Crippen molar-refractivity contribution in [3.05, 3.63) is 83.9 Å². The fourth-order valence-electron chi connectivity index (χ4n) is 6.03. The highest BCUT2D eigenvalue weighted by Gasteiger charge is 2.54. The summed E-state index contributed by atoms with van der Waals surface area (Å²) in [6, 6.07) is 24.5. The largest absolute Gasteiger partial charge is 0.302 e. The number of thiophene rings is 1. The summed E-state index contributed by atoms with van der Waals surface area (Å²) in [5.74, 6) is -3.67. The molecule has 6 nitrogen and oxygen atoms in total. The first kappa shape index (κ1) is 27.7. The summed E-state index contributed by atoms with van der Waals surface area (Å²) in [7, 11) is 0. The predicted octanol–water partition coefficient (Wildman–Crippen LogP) is 8.43. The van der Waals surface area contributed by atoms with Crippen LogP contribution < -0.4 is 4.90 Å². The second kappa shape index (κ2) is 10.8. The molecule has 2 heterocycles. The second-order valence-electron chi connectivity index (χ2n) is 11.1. The van der Waals surface area contributed by atoms with E-state index in [1.54, 1.807) is 17.4 Å². The van der Waals surface area contributed by atoms with Gasteiger partial charge in [0, 0.05) is 34.2 Å². The number of rotatable bonds is 5. The molecule has 4 atom stereocenters. The average molecular weight is 613 g/mol. The van der Waals surface area contributed by atoms with Gasteiger partial charge in [-0.3, -0.25) is 9.59 Å². The highest BCUT2D eigenvalue weighted by molar-refractivity contribution is 7.19. The van der Waals surface area contributed by atoms with Crippen LogP contribution in [-0.4, -0.2) is 38.4 Å². The maximum absolute atomic E-state index is 14.6. The third kappa shape index (κ3) is 4.88. The van der Waals surface area contributed by atoms with Crippen molar-refractivity contribution < 1.29 is 18.4 Å². The standard InChI is InChI=1S/C33H26F2N4O2S2/c1-17-3-7-20(8-4-17)39(21-9-5-18(2)6-10-21)27-14-13-26(42-27)22-11-12-25(31-29(22)37-43-38-31)36-30-23-15-19(34)16-24(35)28(23)32(40)33(30)41/h3-14,19,23-24,28H,15-16H2,1-2H3. The Kier molecular flexibility index (Phi) is 6.98. The van der Waals surface area contributed by atoms with E-state index in [1.165, 1.54) is 11.1 Å². The Morgan fingerprint density at radius 2 is 1.47 bits per heavy atom. The summed E-state index contributed by atoms with van der Waals surface area (Å²) in [4.78, 5) is 33.1. The Balaban J connectivity index is 1.27. The first-order valence-electron chi connectivity index (χ1n) is 14.0. The molecule has 7 rings (SSSR count). The second-order valence-corrected chi connectivity index (χ2v) is 12.7. The number of carbonyl (C=O) groups is 2. The molecule has 3 aromatic carbocycles. The van der Waals surface area contributed by atoms with Crippen molar-refractivity contribution in [2.75, 3.05) is 4.90 Å². The molecule has 216 valence electrons. The van der Waals surface area contributed by atoms with Gasteiger partial charge in [-0.2, -0.15) is 8.75 Å². The molecule has 0 saturated heterocycles. The molecule has 2 aromatic heterocycles. The molecular formula is C33H26F2N4O2S2. The van der Waals surface area contributed by atoms with Crippen LogP contribution in [0.5, 0.6) is 0 Å². The van der Waals surface area contributed by atoms with Gasteiger partial charge in [-0.05, 0) is 68.8 Å². The first-order valence-corrected chi connectivity index (χ1v) is 15.6. The third-order valence-corrected chi connectivity index (χ3v) is 9.85. The smallest absolute Gasteiger partial charge is 0.243 e. The van der Waals surface area contributed by atoms with Crippen molar-refractivity contribution in [3.63, 3.8) is 0 Å². The number of benzene rings is 3. The molecule has 5 aromatic rings. The summed E-state index contributed by atoms with van der Waals surface area (Å²) < 4.78 is 37.8. The van der Waals surface area contributed by atoms with Crippen LogP contribution in [0.15, 0.2) is 77.8 Å². The number of aryl methyl sites for hydroxylation is 2. The van der Waals surface area contributed by atoms with E-state index in [-0.39, 0.29) is 18.6 Å². The van der Waals surface area contributed by atoms with E-state index in [2.05, 4.69) is 87.1 Å². The minimum absolute atomic E-state index is 0.0766. The highest BCUT2D eigenvalue weighted by atomic mass is 32.1. The summed E-state index contributed by atoms with van der Waals surface area (Å²) in [6.45, 7) is 4.13. The van der Waals surface area contributed by atoms with E-state index in [0.29, 0.717) is 16.7 Å². The van der Waals surface area contributed by atoms with Crippen molar-refractivity contribution in [2.24, 2.45) is 16.8 Å². The molecule has 4 unspecified atom stereocenters. The molecule has 0 spiro atoms. The van der Waals surface area contributed by atoms with Crippen molar-refractivity contribution in [2.45, 2.75) is 39.0 Å². The van der Waals surface area contributed by atoms with Gasteiger partial charge >= 0.3 is 0 Å². The molecule has 0 N–H and O–H groups in total. The van der Waals surface area contributed by atoms with Crippen LogP contribution in [0.3, 0.4) is 0 Å². The number of aliphatic imine (C=N–C) groups is 1. The number of halogens is 2. The minimum atomic E-state index is -1.69. The van der Waals surface area contributed by atoms with Gasteiger partial charge in [0.05, 0.1) is 29.0 Å². The Labute approximate surface area is 255 Å². The van der Waals surface area contributed by atoms with Crippen molar-refractivity contribution in [1.29, 1.82) is 0 Å². The zero-order valence-electron chi connectivity index (χ0n) is 23.3. The summed E-state index contributed by atoms with van der Waals surface area (Å²) in [6.07, 6.45) is -3.56. The maximum Gasteiger partial charge on any atom is 0.243 e. The zero-order chi connectivity index (χ0) is 29.8. The highest BCUT2D eigenvalue weighted by Crippen LogP contribution is 2.45. The number of hydrogen-bond acceptors (Lipinski definition) is 8. The lowest BCUT2D eigenvalue weighted by atomic mass is 9.78. The van der Waals surface area contributed by atoms with Crippen molar-refractivity contribution in [3.8, 4) is 10.4 Å². The van der Waals surface area contributed by atoms with Gasteiger partial charge < -0.3 is 4.90 Å². The number of alkyl halides is 2. The van der Waals surface area contributed by atoms with Crippen LogP contribution in [0.25, 0.3) is 21.5 Å². The molecule has 0 bridgehead atoms. The normalized spacial score (nSPS) is 22.8. The molecule has 0 amide bonds. The van der Waals surface area contributed by atoms with Crippen molar-refractivity contribution in [1.82, 2.24) is 8.75 Å². The van der Waals surface area contributed by atoms with E-state index >= 15 is 0 Å². The number of Topliss-reactive ketones (excluding diaryl/α,β-unsaturated/α-hetero) is 2. The Morgan fingerprint density at radius 3 is 2.14 bits per heavy atom. The number of ketones is 2. The molecule has 43 heavy (non-hydrogen) atoms. The Morgan fingerprint density at radius 1 is 0.814 bits per heavy atom. The number of nitrogens with zero attached hydrogens (tertiary/aromatic N) is 4. The molecule has 0 aliphatic heterocycles. The number of anilines is 3. The predicted molar refractivity (Wildman–Crippen MR) is 168 cm³/mol. The van der Waals surface area contributed by atoms with E-state index in [4.69, 9.17) is 0 Å². The molecule has 2 saturated carbocycles. The van der Waals surface area contributed by atoms with Crippen LogP contribution in [0.1, 0.15) is 24.0 Å². The van der Waals surface area contributed by atoms with E-state index < -0.39 is 35.7 Å². The molecular weight excluding hydrogens is 587 g/mol. The van der Waals surface area contributed by atoms with Gasteiger partial charge in [0.1, 0.15) is 28.4 Å². The quantitative estimate of drug-likeness (QED) is 0.186. The number of hydrogen-bond donors (Lipinski definition) is 0. The lowest BCUT2D eigenvalue weighted by Gasteiger charge is -2.29. The van der Waals surface area contributed by atoms with Gasteiger partial charge in [0.15, 0.2) is 0 Å². The maximum atomic E-state index is 14.6. The van der Waals surface area contributed by atoms with E-state index in [1.807, 2.05) is 12.1 Å². The fourth-order valence-corrected chi connectivity index (χ4v) is 7.67. The Bertz CT molecular complexity index is 1850. The molecule has 2 aliphatic carbocycles. The summed E-state index contributed by atoms with van der Waals surface area (Å²) >= 11 is 2.63. The van der Waals surface area contributed by atoms with Gasteiger partial charge in [-0.25, -0.2) is 13.8 Å². The number of aromatic nitrogens is 2. The van der Waals surface area contributed by atoms with E-state index in [9.17, 15) is 18.4 Å². The zero-order valence-corrected chi connectivity index (χ0v) is 25.0. The molecule has 0 radical (unpaired) electrons. The average Bonchev–Trinajstić information content (AvgIpc) is 3.72. The molecule has 2 aliphatic rings. The van der Waals surface area contributed by atoms with Gasteiger partial charge in [-0.15, -0.1) is 11.3 Å². The van der Waals surface area contributed by atoms with Crippen LogP contribution >= 0.6 is 23.1 Å². The summed E-state index contributed by atoms with van der Waals surface area (Å²) in [5, 5.41) is 1.02. The van der Waals surface area contributed by atoms with Crippen LogP contribution in [0.4, 0.5) is 30.8 Å². The van der Waals surface area contributed by atoms with Gasteiger partial charge in [0.2, 0.25) is 11.6 Å². The van der Waals surface area contributed by atoms with Gasteiger partial charge in [-0.1, -0.05) is 35.4 Å². The number of fused-ring (bicyclic) bond motifs is 2.